The van der Waals surface area contributed by atoms with Crippen molar-refractivity contribution in [3.8, 4) is 24.3 Å². The highest BCUT2D eigenvalue weighted by Gasteiger charge is 2.60. The molecule has 0 radical (unpaired) electrons. The molecule has 476 valence electrons. The molecule has 3 unspecified atom stereocenters. The quantitative estimate of drug-likeness (QED) is 0.0488. The molecule has 6 aliphatic rings. The largest absolute Gasteiger partial charge is 0.474 e. The Labute approximate surface area is 544 Å². The summed E-state index contributed by atoms with van der Waals surface area (Å²) in [5.74, 6) is -3.16. The molecule has 2 aromatic carbocycles. The van der Waals surface area contributed by atoms with Gasteiger partial charge < -0.3 is 15.7 Å². The van der Waals surface area contributed by atoms with Gasteiger partial charge in [0.05, 0.1) is 67.6 Å². The molecule has 3 N–H and O–H groups in total. The van der Waals surface area contributed by atoms with Crippen molar-refractivity contribution in [3.63, 3.8) is 0 Å². The molecule has 0 saturated heterocycles. The van der Waals surface area contributed by atoms with Gasteiger partial charge in [-0.2, -0.15) is 29.8 Å². The van der Waals surface area contributed by atoms with Gasteiger partial charge in [-0.1, -0.05) is 64.1 Å². The first-order valence-electron chi connectivity index (χ1n) is 30.0. The number of carboxylic acids is 1. The van der Waals surface area contributed by atoms with Crippen LogP contribution in [0.25, 0.3) is 21.8 Å². The zero-order valence-corrected chi connectivity index (χ0v) is 54.2. The van der Waals surface area contributed by atoms with Gasteiger partial charge in [-0.05, 0) is 166 Å². The summed E-state index contributed by atoms with van der Waals surface area (Å²) in [6, 6.07) is 20.0. The third kappa shape index (κ3) is 12.9. The second-order valence-corrected chi connectivity index (χ2v) is 27.5. The van der Waals surface area contributed by atoms with E-state index in [-0.39, 0.29) is 73.6 Å². The molecule has 14 rings (SSSR count). The number of nitrogens with one attached hydrogen (secondary N) is 2. The number of carbonyl (C=O) groups excluding carboxylic acids is 3. The summed E-state index contributed by atoms with van der Waals surface area (Å²) in [5.41, 5.74) is 6.56. The monoisotopic (exact) mass is 1300 g/mol. The van der Waals surface area contributed by atoms with Crippen LogP contribution in [0.4, 0.5) is 25.8 Å². The van der Waals surface area contributed by atoms with E-state index in [2.05, 4.69) is 126 Å². The molecule has 22 nitrogen and oxygen atoms in total. The van der Waals surface area contributed by atoms with Crippen molar-refractivity contribution in [1.29, 1.82) is 21.0 Å². The fourth-order valence-corrected chi connectivity index (χ4v) is 12.4. The number of fused-ring (bicyclic) bond motifs is 2. The van der Waals surface area contributed by atoms with Gasteiger partial charge in [0.1, 0.15) is 36.0 Å². The second-order valence-electron chi connectivity index (χ2n) is 26.8. The molecule has 0 aliphatic heterocycles. The summed E-state index contributed by atoms with van der Waals surface area (Å²) < 4.78 is 32.0. The van der Waals surface area contributed by atoms with E-state index in [1.54, 1.807) is 30.8 Å². The van der Waals surface area contributed by atoms with Crippen LogP contribution in [0.3, 0.4) is 0 Å². The van der Waals surface area contributed by atoms with E-state index in [9.17, 15) is 54.1 Å². The summed E-state index contributed by atoms with van der Waals surface area (Å²) in [7, 11) is 0. The Bertz CT molecular complexity index is 4500. The molecular formula is C67H65Cl2F2N17O5. The van der Waals surface area contributed by atoms with Crippen molar-refractivity contribution < 1.29 is 33.1 Å². The van der Waals surface area contributed by atoms with E-state index in [1.807, 2.05) is 50.7 Å². The van der Waals surface area contributed by atoms with Crippen molar-refractivity contribution in [1.82, 2.24) is 49.9 Å². The number of amides is 1. The molecule has 0 spiro atoms. The third-order valence-electron chi connectivity index (χ3n) is 18.8. The van der Waals surface area contributed by atoms with E-state index in [0.717, 1.165) is 77.6 Å². The minimum Gasteiger partial charge on any atom is -0.474 e. The van der Waals surface area contributed by atoms with Crippen molar-refractivity contribution in [2.75, 3.05) is 15.5 Å². The average Bonchev–Trinajstić information content (AvgIpc) is 1.71. The Morgan fingerprint density at radius 2 is 1.09 bits per heavy atom. The lowest BCUT2D eigenvalue weighted by Crippen LogP contribution is -2.59. The summed E-state index contributed by atoms with van der Waals surface area (Å²) in [5, 5.41) is 74.0. The van der Waals surface area contributed by atoms with Crippen LogP contribution < -0.4 is 15.5 Å². The van der Waals surface area contributed by atoms with Crippen LogP contribution in [-0.2, 0) is 36.7 Å². The van der Waals surface area contributed by atoms with Crippen LogP contribution in [0, 0.1) is 93.7 Å². The molecule has 4 bridgehead atoms. The van der Waals surface area contributed by atoms with Crippen LogP contribution in [0.2, 0.25) is 0 Å². The molecule has 6 aromatic heterocycles. The van der Waals surface area contributed by atoms with Gasteiger partial charge in [0, 0.05) is 70.0 Å². The predicted octanol–water partition coefficient (Wildman–Crippen LogP) is 11.6. The highest BCUT2D eigenvalue weighted by atomic mass is 35.5. The fraction of sp³-hybridized carbons (Fsp3) is 0.403. The zero-order chi connectivity index (χ0) is 67.4. The first kappa shape index (κ1) is 66.1. The second kappa shape index (κ2) is 25.3. The summed E-state index contributed by atoms with van der Waals surface area (Å²) in [6.07, 6.45) is 13.4. The molecular weight excluding hydrogens is 1230 g/mol. The molecule has 26 heteroatoms. The number of pyridine rings is 4. The first-order chi connectivity index (χ1) is 43.9. The number of nitrogens with zero attached hydrogens (tertiary/aromatic N) is 15. The van der Waals surface area contributed by atoms with Gasteiger partial charge in [0.15, 0.2) is 0 Å². The standard InChI is InChI=1S/C33H32FN9O3.C32H33FN8.C2Cl2O2/c1-17-23(6-7-26(34)38-17)29(25-16-42(41-40-25)33-10-19(11-33)12-33)43(30(44)31(45)46)22-8-20(13-35)27-24(9-22)28(21(14-36)15-37-27)39-18(2)32(3,4)5;1-18-24(6-7-28(33)37-18)25(27-17-41(40-39-27)32-11-21(12-32)13-32)9-20-8-22(14-34)29-26(10-20)30(23(15-35)16-36-29)38-19(2)31(3,4)5;3-1(5)2(4)6/h6-9,15-16,18-19,29H,10-12H2,1-5H3,(H,37,39)(H,45,46);6-8,10,16-17,19,21,25H,9,11-13H2,1-5H3,(H,36,38);/t18-,19?,29?,33?;;/m1../s1. The molecule has 6 aliphatic carbocycles. The number of hydrogen-bond acceptors (Lipinski definition) is 18. The number of aromatic nitrogens is 10. The van der Waals surface area contributed by atoms with Crippen LogP contribution in [0.5, 0.6) is 0 Å². The molecule has 6 fully saturated rings. The summed E-state index contributed by atoms with van der Waals surface area (Å²) in [6.45, 7) is 19.9. The van der Waals surface area contributed by atoms with Crippen LogP contribution in [0.1, 0.15) is 168 Å². The fourth-order valence-electron chi connectivity index (χ4n) is 12.4. The number of aryl methyl sites for hydroxylation is 2. The number of rotatable bonds is 15. The molecule has 6 heterocycles. The van der Waals surface area contributed by atoms with Gasteiger partial charge in [0.25, 0.3) is 0 Å². The Hall–Kier alpha value is -9.88. The normalized spacial score (nSPS) is 19.4. The van der Waals surface area contributed by atoms with E-state index < -0.39 is 40.3 Å². The lowest BCUT2D eigenvalue weighted by molar-refractivity contribution is -0.149. The smallest absolute Gasteiger partial charge is 0.395 e. The number of nitriles is 4. The van der Waals surface area contributed by atoms with E-state index >= 15 is 0 Å². The number of aliphatic carboxylic acids is 1. The van der Waals surface area contributed by atoms with Gasteiger partial charge in [-0.15, -0.1) is 10.2 Å². The van der Waals surface area contributed by atoms with E-state index in [0.29, 0.717) is 57.0 Å². The number of benzene rings is 2. The average molecular weight is 1300 g/mol. The SMILES string of the molecule is Cc1nc(F)ccc1C(Cc1cc(C#N)c2ncc(C#N)c(NC(C)C(C)(C)C)c2c1)c1cn(C23CC(C2)C3)nn1.Cc1nc(F)ccc1C(c1cn(C23CC(C2)C3)nn1)N(C(=O)C(=O)O)c1cc(C#N)c2ncc(C#N)c(N[C@H](C)C(C)(C)C)c2c1.O=C(Cl)C(=O)Cl. The maximum atomic E-state index is 14.2. The third-order valence-corrected chi connectivity index (χ3v) is 19.3. The lowest BCUT2D eigenvalue weighted by Gasteiger charge is -2.61. The first-order valence-corrected chi connectivity index (χ1v) is 30.8. The van der Waals surface area contributed by atoms with Gasteiger partial charge in [0.2, 0.25) is 11.9 Å². The van der Waals surface area contributed by atoms with Gasteiger partial charge in [-0.3, -0.25) is 29.3 Å². The maximum Gasteiger partial charge on any atom is 0.395 e. The molecule has 4 atom stereocenters. The van der Waals surface area contributed by atoms with E-state index in [4.69, 9.17) is 0 Å². The molecule has 93 heavy (non-hydrogen) atoms. The number of halogens is 4. The Kier molecular flexibility index (Phi) is 18.0. The number of anilines is 3. The maximum absolute atomic E-state index is 14.2. The van der Waals surface area contributed by atoms with Crippen molar-refractivity contribution in [3.05, 3.63) is 147 Å². The van der Waals surface area contributed by atoms with Crippen LogP contribution >= 0.6 is 23.2 Å². The van der Waals surface area contributed by atoms with Crippen LogP contribution in [0.15, 0.2) is 73.3 Å². The number of carbonyl (C=O) groups is 4. The lowest BCUT2D eigenvalue weighted by atomic mass is 9.50. The van der Waals surface area contributed by atoms with Crippen molar-refractivity contribution in [2.45, 2.75) is 149 Å². The van der Waals surface area contributed by atoms with Crippen molar-refractivity contribution >= 4 is 84.4 Å². The van der Waals surface area contributed by atoms with E-state index in [1.165, 1.54) is 36.7 Å². The zero-order valence-electron chi connectivity index (χ0n) is 52.6. The topological polar surface area (TPSA) is 324 Å². The highest BCUT2D eigenvalue weighted by molar-refractivity contribution is 6.97. The molecule has 1 amide bonds. The minimum absolute atomic E-state index is 0.0357. The Balaban J connectivity index is 0.000000188. The molecule has 8 aromatic rings. The van der Waals surface area contributed by atoms with Gasteiger partial charge in [-0.25, -0.2) is 24.1 Å². The minimum atomic E-state index is -1.76. The number of carboxylic acid groups (broad SMARTS) is 1. The highest BCUT2D eigenvalue weighted by Crippen LogP contribution is 2.63. The van der Waals surface area contributed by atoms with Gasteiger partial charge >= 0.3 is 22.4 Å². The number of hydrogen-bond donors (Lipinski definition) is 3. The molecule has 6 saturated carbocycles. The Morgan fingerprint density at radius 3 is 1.49 bits per heavy atom. The summed E-state index contributed by atoms with van der Waals surface area (Å²) in [4.78, 5) is 63.0. The Morgan fingerprint density at radius 1 is 0.656 bits per heavy atom. The summed E-state index contributed by atoms with van der Waals surface area (Å²) >= 11 is 8.98. The predicted molar refractivity (Wildman–Crippen MR) is 340 cm³/mol. The van der Waals surface area contributed by atoms with Crippen LogP contribution in [-0.4, -0.2) is 89.5 Å². The van der Waals surface area contributed by atoms with Crippen molar-refractivity contribution in [2.24, 2.45) is 22.7 Å².